The highest BCUT2D eigenvalue weighted by molar-refractivity contribution is 9.09. The normalized spacial score (nSPS) is 13.2. The van der Waals surface area contributed by atoms with Crippen LogP contribution in [0.2, 0.25) is 0 Å². The molecule has 0 bridgehead atoms. The van der Waals surface area contributed by atoms with E-state index < -0.39 is 0 Å². The Bertz CT molecular complexity index is 118. The maximum absolute atomic E-state index is 5.69. The van der Waals surface area contributed by atoms with Crippen LogP contribution >= 0.6 is 15.9 Å². The Morgan fingerprint density at radius 3 is 1.67 bits per heavy atom. The van der Waals surface area contributed by atoms with Crippen LogP contribution in [0.5, 0.6) is 0 Å². The highest BCUT2D eigenvalue weighted by Crippen LogP contribution is 2.16. The van der Waals surface area contributed by atoms with Gasteiger partial charge in [0.1, 0.15) is 0 Å². The van der Waals surface area contributed by atoms with E-state index in [1.54, 1.807) is 0 Å². The Hall–Kier alpha value is 0.617. The summed E-state index contributed by atoms with van der Waals surface area (Å²) < 4.78 is 11.4. The first kappa shape index (κ1) is 12.6. The molecule has 0 amide bonds. The van der Waals surface area contributed by atoms with Crippen LogP contribution in [0.4, 0.5) is 0 Å². The van der Waals surface area contributed by atoms with Gasteiger partial charge >= 0.3 is 0 Å². The number of rotatable bonds is 5. The molecule has 0 N–H and O–H groups in total. The van der Waals surface area contributed by atoms with Crippen molar-refractivity contribution in [2.45, 2.75) is 45.3 Å². The molecular formula is C8H19BrO2Si. The van der Waals surface area contributed by atoms with Crippen LogP contribution in [0.25, 0.3) is 0 Å². The topological polar surface area (TPSA) is 18.5 Å². The summed E-state index contributed by atoms with van der Waals surface area (Å²) >= 11 is 3.41. The Morgan fingerprint density at radius 2 is 1.50 bits per heavy atom. The van der Waals surface area contributed by atoms with Gasteiger partial charge in [-0.2, -0.15) is 0 Å². The van der Waals surface area contributed by atoms with Crippen molar-refractivity contribution in [3.05, 3.63) is 0 Å². The van der Waals surface area contributed by atoms with Gasteiger partial charge < -0.3 is 9.47 Å². The van der Waals surface area contributed by atoms with E-state index in [2.05, 4.69) is 15.9 Å². The number of hydrogen-bond donors (Lipinski definition) is 0. The van der Waals surface area contributed by atoms with E-state index in [-0.39, 0.29) is 17.6 Å². The van der Waals surface area contributed by atoms with Crippen LogP contribution in [0.1, 0.15) is 27.7 Å². The number of halogens is 1. The van der Waals surface area contributed by atoms with Gasteiger partial charge in [-0.25, -0.2) is 0 Å². The van der Waals surface area contributed by atoms with E-state index in [0.29, 0.717) is 0 Å². The molecule has 4 heteroatoms. The van der Waals surface area contributed by atoms with E-state index in [4.69, 9.17) is 9.47 Å². The first-order chi connectivity index (χ1) is 5.39. The van der Waals surface area contributed by atoms with E-state index in [9.17, 15) is 0 Å². The van der Waals surface area contributed by atoms with Crippen LogP contribution < -0.4 is 0 Å². The summed E-state index contributed by atoms with van der Waals surface area (Å²) in [6.45, 7) is 8.11. The summed E-state index contributed by atoms with van der Waals surface area (Å²) in [5, 5.41) is 0.753. The fraction of sp³-hybridized carbons (Fsp3) is 1.00. The summed E-state index contributed by atoms with van der Waals surface area (Å²) in [4.78, 5) is 0. The average molecular weight is 255 g/mol. The Kier molecular flexibility index (Phi) is 5.65. The zero-order valence-corrected chi connectivity index (χ0v) is 12.1. The van der Waals surface area contributed by atoms with Crippen LogP contribution in [0.15, 0.2) is 0 Å². The Morgan fingerprint density at radius 1 is 1.17 bits per heavy atom. The third kappa shape index (κ3) is 5.30. The zero-order valence-electron chi connectivity index (χ0n) is 8.56. The first-order valence-electron chi connectivity index (χ1n) is 4.31. The summed E-state index contributed by atoms with van der Waals surface area (Å²) in [7, 11) is 0.873. The van der Waals surface area contributed by atoms with Gasteiger partial charge in [-0.3, -0.25) is 0 Å². The summed E-state index contributed by atoms with van der Waals surface area (Å²) in [6.07, 6.45) is 0.442. The highest BCUT2D eigenvalue weighted by Gasteiger charge is 2.26. The number of alkyl halides is 1. The van der Waals surface area contributed by atoms with Gasteiger partial charge in [-0.1, -0.05) is 15.9 Å². The second-order valence-electron chi connectivity index (χ2n) is 3.60. The molecule has 74 valence electrons. The van der Waals surface area contributed by atoms with Crippen molar-refractivity contribution in [1.82, 2.24) is 0 Å². The number of hydrogen-bond acceptors (Lipinski definition) is 2. The quantitative estimate of drug-likeness (QED) is 0.418. The van der Waals surface area contributed by atoms with Crippen molar-refractivity contribution < 1.29 is 9.47 Å². The molecule has 0 unspecified atom stereocenters. The Labute approximate surface area is 86.6 Å². The maximum Gasteiger partial charge on any atom is 0.151 e. The number of ether oxygens (including phenoxy) is 2. The lowest BCUT2D eigenvalue weighted by Crippen LogP contribution is -2.42. The van der Waals surface area contributed by atoms with Gasteiger partial charge in [-0.15, -0.1) is 0 Å². The molecular weight excluding hydrogens is 236 g/mol. The van der Waals surface area contributed by atoms with Crippen LogP contribution in [-0.4, -0.2) is 33.2 Å². The Balaban J connectivity index is 4.04. The van der Waals surface area contributed by atoms with E-state index in [0.717, 1.165) is 15.6 Å². The van der Waals surface area contributed by atoms with Crippen molar-refractivity contribution >= 4 is 26.2 Å². The maximum atomic E-state index is 5.69. The van der Waals surface area contributed by atoms with Crippen molar-refractivity contribution in [3.63, 3.8) is 0 Å². The molecule has 0 heterocycles. The van der Waals surface area contributed by atoms with Gasteiger partial charge in [-0.05, 0) is 27.7 Å². The standard InChI is InChI=1S/C8H19BrO2Si/c1-6(2)10-8(12,5-9)11-7(3)4/h6-7H,5H2,1-4,12H3. The predicted octanol–water partition coefficient (Wildman–Crippen LogP) is 1.25. The lowest BCUT2D eigenvalue weighted by molar-refractivity contribution is -0.199. The molecule has 0 aromatic carbocycles. The molecule has 0 aliphatic carbocycles. The van der Waals surface area contributed by atoms with Gasteiger partial charge in [0.15, 0.2) is 5.41 Å². The molecule has 0 aliphatic heterocycles. The third-order valence-electron chi connectivity index (χ3n) is 1.21. The largest absolute Gasteiger partial charge is 0.351 e. The molecule has 0 fully saturated rings. The zero-order chi connectivity index (χ0) is 9.78. The second kappa shape index (κ2) is 5.37. The van der Waals surface area contributed by atoms with Crippen molar-refractivity contribution in [2.24, 2.45) is 0 Å². The molecule has 0 atom stereocenters. The minimum Gasteiger partial charge on any atom is -0.351 e. The minimum absolute atomic E-state index is 0.221. The molecule has 0 spiro atoms. The van der Waals surface area contributed by atoms with E-state index in [1.165, 1.54) is 0 Å². The minimum atomic E-state index is -0.359. The summed E-state index contributed by atoms with van der Waals surface area (Å²) in [6, 6.07) is 0. The molecule has 12 heavy (non-hydrogen) atoms. The van der Waals surface area contributed by atoms with Crippen LogP contribution in [0, 0.1) is 0 Å². The molecule has 2 nitrogen and oxygen atoms in total. The molecule has 0 aromatic heterocycles. The van der Waals surface area contributed by atoms with E-state index in [1.807, 2.05) is 27.7 Å². The summed E-state index contributed by atoms with van der Waals surface area (Å²) in [5.74, 6) is 0. The van der Waals surface area contributed by atoms with Crippen LogP contribution in [0.3, 0.4) is 0 Å². The molecule has 0 saturated heterocycles. The van der Waals surface area contributed by atoms with Crippen molar-refractivity contribution in [3.8, 4) is 0 Å². The SMILES string of the molecule is CC(C)OC([SiH3])(CBr)OC(C)C. The van der Waals surface area contributed by atoms with Gasteiger partial charge in [0.25, 0.3) is 0 Å². The summed E-state index contributed by atoms with van der Waals surface area (Å²) in [5.41, 5.74) is -0.359. The molecule has 0 aliphatic rings. The van der Waals surface area contributed by atoms with Crippen molar-refractivity contribution in [2.75, 3.05) is 5.33 Å². The fourth-order valence-electron chi connectivity index (χ4n) is 1.09. The van der Waals surface area contributed by atoms with Gasteiger partial charge in [0.05, 0.1) is 27.8 Å². The fourth-order valence-corrected chi connectivity index (χ4v) is 2.30. The van der Waals surface area contributed by atoms with Crippen LogP contribution in [-0.2, 0) is 9.47 Å². The van der Waals surface area contributed by atoms with Gasteiger partial charge in [0, 0.05) is 0 Å². The first-order valence-corrected chi connectivity index (χ1v) is 6.43. The highest BCUT2D eigenvalue weighted by atomic mass is 79.9. The third-order valence-corrected chi connectivity index (χ3v) is 4.09. The smallest absolute Gasteiger partial charge is 0.151 e. The monoisotopic (exact) mass is 254 g/mol. The van der Waals surface area contributed by atoms with Crippen molar-refractivity contribution in [1.29, 1.82) is 0 Å². The second-order valence-corrected chi connectivity index (χ2v) is 5.68. The van der Waals surface area contributed by atoms with Gasteiger partial charge in [0.2, 0.25) is 0 Å². The average Bonchev–Trinajstić information content (AvgIpc) is 1.83. The molecule has 0 aromatic rings. The molecule has 0 saturated carbocycles. The predicted molar refractivity (Wildman–Crippen MR) is 58.9 cm³/mol. The van der Waals surface area contributed by atoms with E-state index >= 15 is 0 Å². The molecule has 0 radical (unpaired) electrons. The lowest BCUT2D eigenvalue weighted by Gasteiger charge is -2.32. The lowest BCUT2D eigenvalue weighted by atomic mass is 10.4. The molecule has 0 rings (SSSR count).